The Labute approximate surface area is 122 Å². The molecule has 1 aromatic rings. The van der Waals surface area contributed by atoms with Gasteiger partial charge in [0.1, 0.15) is 5.75 Å². The van der Waals surface area contributed by atoms with Gasteiger partial charge in [-0.05, 0) is 23.8 Å². The number of nitrogens with zero attached hydrogens (tertiary/aromatic N) is 1. The summed E-state index contributed by atoms with van der Waals surface area (Å²) in [6, 6.07) is 6.32. The molecule has 1 aliphatic heterocycles. The molecular formula is C15H17NO5. The number of carbonyl (C=O) groups is 2. The smallest absolute Gasteiger partial charge is 0.328 e. The van der Waals surface area contributed by atoms with E-state index in [1.165, 1.54) is 11.0 Å². The van der Waals surface area contributed by atoms with E-state index in [2.05, 4.69) is 0 Å². The minimum atomic E-state index is -1.06. The number of aliphatic carboxylic acids is 1. The van der Waals surface area contributed by atoms with Crippen molar-refractivity contribution in [2.24, 2.45) is 0 Å². The van der Waals surface area contributed by atoms with Crippen molar-refractivity contribution in [2.45, 2.75) is 6.04 Å². The third kappa shape index (κ3) is 3.82. The molecule has 1 amide bonds. The molecule has 6 nitrogen and oxygen atoms in total. The number of amides is 1. The Morgan fingerprint density at radius 1 is 1.48 bits per heavy atom. The summed E-state index contributed by atoms with van der Waals surface area (Å²) in [6.45, 7) is 0.648. The standard InChI is InChI=1S/C15H17NO5/c1-20-12-4-2-3-11(9-12)5-6-14(17)16-7-8-21-10-13(16)15(18)19/h2-6,9,13H,7-8,10H2,1H3,(H,18,19). The quantitative estimate of drug-likeness (QED) is 0.838. The minimum Gasteiger partial charge on any atom is -0.497 e. The average Bonchev–Trinajstić information content (AvgIpc) is 2.52. The molecule has 1 unspecified atom stereocenters. The summed E-state index contributed by atoms with van der Waals surface area (Å²) in [4.78, 5) is 24.6. The molecule has 0 saturated carbocycles. The van der Waals surface area contributed by atoms with Gasteiger partial charge in [0.2, 0.25) is 5.91 Å². The lowest BCUT2D eigenvalue weighted by atomic mass is 10.2. The highest BCUT2D eigenvalue weighted by Crippen LogP contribution is 2.14. The van der Waals surface area contributed by atoms with E-state index in [9.17, 15) is 9.59 Å². The molecule has 1 saturated heterocycles. The number of benzene rings is 1. The van der Waals surface area contributed by atoms with Crippen LogP contribution in [-0.4, -0.2) is 54.8 Å². The van der Waals surface area contributed by atoms with Crippen LogP contribution in [0.25, 0.3) is 6.08 Å². The van der Waals surface area contributed by atoms with Gasteiger partial charge < -0.3 is 19.5 Å². The number of carbonyl (C=O) groups excluding carboxylic acids is 1. The second-order valence-electron chi connectivity index (χ2n) is 4.57. The van der Waals surface area contributed by atoms with Crippen LogP contribution < -0.4 is 4.74 Å². The van der Waals surface area contributed by atoms with Crippen LogP contribution in [0, 0.1) is 0 Å². The summed E-state index contributed by atoms with van der Waals surface area (Å²) in [5, 5.41) is 9.10. The number of ether oxygens (including phenoxy) is 2. The fourth-order valence-corrected chi connectivity index (χ4v) is 2.08. The molecule has 1 fully saturated rings. The Hall–Kier alpha value is -2.34. The molecule has 1 heterocycles. The van der Waals surface area contributed by atoms with Crippen molar-refractivity contribution in [3.8, 4) is 5.75 Å². The number of methoxy groups -OCH3 is 1. The second-order valence-corrected chi connectivity index (χ2v) is 4.57. The van der Waals surface area contributed by atoms with Gasteiger partial charge in [0, 0.05) is 12.6 Å². The molecule has 0 aromatic heterocycles. The maximum absolute atomic E-state index is 12.1. The number of carboxylic acid groups (broad SMARTS) is 1. The Kier molecular flexibility index (Phi) is 4.94. The zero-order chi connectivity index (χ0) is 15.2. The number of rotatable bonds is 4. The van der Waals surface area contributed by atoms with Gasteiger partial charge in [0.25, 0.3) is 0 Å². The van der Waals surface area contributed by atoms with Gasteiger partial charge in [0.15, 0.2) is 6.04 Å². The molecule has 6 heteroatoms. The molecule has 1 aromatic carbocycles. The highest BCUT2D eigenvalue weighted by molar-refractivity contribution is 5.94. The van der Waals surface area contributed by atoms with Crippen molar-refractivity contribution >= 4 is 18.0 Å². The van der Waals surface area contributed by atoms with Crippen LogP contribution >= 0.6 is 0 Å². The summed E-state index contributed by atoms with van der Waals surface area (Å²) < 4.78 is 10.2. The molecule has 21 heavy (non-hydrogen) atoms. The SMILES string of the molecule is COc1cccc(C=CC(=O)N2CCOCC2C(=O)O)c1. The largest absolute Gasteiger partial charge is 0.497 e. The third-order valence-corrected chi connectivity index (χ3v) is 3.21. The van der Waals surface area contributed by atoms with E-state index in [4.69, 9.17) is 14.6 Å². The number of hydrogen-bond donors (Lipinski definition) is 1. The lowest BCUT2D eigenvalue weighted by molar-refractivity contribution is -0.156. The molecule has 1 N–H and O–H groups in total. The predicted molar refractivity (Wildman–Crippen MR) is 76.0 cm³/mol. The van der Waals surface area contributed by atoms with Crippen LogP contribution in [0.5, 0.6) is 5.75 Å². The Bertz CT molecular complexity index is 555. The van der Waals surface area contributed by atoms with Crippen molar-refractivity contribution in [3.05, 3.63) is 35.9 Å². The normalized spacial score (nSPS) is 18.7. The molecule has 0 bridgehead atoms. The van der Waals surface area contributed by atoms with E-state index in [0.717, 1.165) is 5.56 Å². The maximum Gasteiger partial charge on any atom is 0.328 e. The van der Waals surface area contributed by atoms with Crippen molar-refractivity contribution in [1.82, 2.24) is 4.90 Å². The van der Waals surface area contributed by atoms with Gasteiger partial charge >= 0.3 is 5.97 Å². The summed E-state index contributed by atoms with van der Waals surface area (Å²) >= 11 is 0. The molecule has 0 radical (unpaired) electrons. The van der Waals surface area contributed by atoms with Crippen LogP contribution in [0.2, 0.25) is 0 Å². The highest BCUT2D eigenvalue weighted by Gasteiger charge is 2.31. The van der Waals surface area contributed by atoms with Crippen molar-refractivity contribution in [1.29, 1.82) is 0 Å². The van der Waals surface area contributed by atoms with E-state index in [1.54, 1.807) is 19.3 Å². The third-order valence-electron chi connectivity index (χ3n) is 3.21. The number of morpholine rings is 1. The topological polar surface area (TPSA) is 76.1 Å². The first-order chi connectivity index (χ1) is 10.1. The summed E-state index contributed by atoms with van der Waals surface area (Å²) in [7, 11) is 1.57. The van der Waals surface area contributed by atoms with Crippen molar-refractivity contribution < 1.29 is 24.2 Å². The van der Waals surface area contributed by atoms with Crippen molar-refractivity contribution in [2.75, 3.05) is 26.9 Å². The molecule has 0 aliphatic carbocycles. The maximum atomic E-state index is 12.1. The van der Waals surface area contributed by atoms with Gasteiger partial charge in [-0.25, -0.2) is 4.79 Å². The molecule has 1 atom stereocenters. The van der Waals surface area contributed by atoms with Crippen molar-refractivity contribution in [3.63, 3.8) is 0 Å². The molecule has 0 spiro atoms. The van der Waals surface area contributed by atoms with E-state index in [1.807, 2.05) is 18.2 Å². The zero-order valence-corrected chi connectivity index (χ0v) is 11.7. The first kappa shape index (κ1) is 15.1. The summed E-state index contributed by atoms with van der Waals surface area (Å²) in [5.41, 5.74) is 0.808. The molecule has 112 valence electrons. The van der Waals surface area contributed by atoms with Crippen LogP contribution in [-0.2, 0) is 14.3 Å². The first-order valence-corrected chi connectivity index (χ1v) is 6.55. The van der Waals surface area contributed by atoms with Crippen LogP contribution in [0.1, 0.15) is 5.56 Å². The molecule has 1 aliphatic rings. The van der Waals surface area contributed by atoms with Crippen LogP contribution in [0.15, 0.2) is 30.3 Å². The molecular weight excluding hydrogens is 274 g/mol. The Balaban J connectivity index is 2.08. The van der Waals surface area contributed by atoms with E-state index >= 15 is 0 Å². The van der Waals surface area contributed by atoms with E-state index < -0.39 is 12.0 Å². The van der Waals surface area contributed by atoms with Gasteiger partial charge in [-0.15, -0.1) is 0 Å². The minimum absolute atomic E-state index is 0.0219. The van der Waals surface area contributed by atoms with Crippen LogP contribution in [0.4, 0.5) is 0 Å². The lowest BCUT2D eigenvalue weighted by Crippen LogP contribution is -2.52. The second kappa shape index (κ2) is 6.90. The average molecular weight is 291 g/mol. The zero-order valence-electron chi connectivity index (χ0n) is 11.7. The summed E-state index contributed by atoms with van der Waals surface area (Å²) in [6.07, 6.45) is 3.01. The Morgan fingerprint density at radius 2 is 2.29 bits per heavy atom. The fourth-order valence-electron chi connectivity index (χ4n) is 2.08. The van der Waals surface area contributed by atoms with Gasteiger partial charge in [-0.3, -0.25) is 4.79 Å². The van der Waals surface area contributed by atoms with Gasteiger partial charge in [-0.2, -0.15) is 0 Å². The first-order valence-electron chi connectivity index (χ1n) is 6.55. The lowest BCUT2D eigenvalue weighted by Gasteiger charge is -2.31. The predicted octanol–water partition coefficient (Wildman–Crippen LogP) is 1.02. The van der Waals surface area contributed by atoms with Crippen LogP contribution in [0.3, 0.4) is 0 Å². The summed E-state index contributed by atoms with van der Waals surface area (Å²) in [5.74, 6) is -0.703. The van der Waals surface area contributed by atoms with E-state index in [-0.39, 0.29) is 19.1 Å². The highest BCUT2D eigenvalue weighted by atomic mass is 16.5. The van der Waals surface area contributed by atoms with Gasteiger partial charge in [-0.1, -0.05) is 12.1 Å². The number of carboxylic acids is 1. The van der Waals surface area contributed by atoms with E-state index in [0.29, 0.717) is 12.4 Å². The van der Waals surface area contributed by atoms with Gasteiger partial charge in [0.05, 0.1) is 20.3 Å². The molecule has 2 rings (SSSR count). The Morgan fingerprint density at radius 3 is 3.00 bits per heavy atom. The number of hydrogen-bond acceptors (Lipinski definition) is 4. The monoisotopic (exact) mass is 291 g/mol. The fraction of sp³-hybridized carbons (Fsp3) is 0.333.